The van der Waals surface area contributed by atoms with Gasteiger partial charge in [0.25, 0.3) is 5.91 Å². The Bertz CT molecular complexity index is 1490. The van der Waals surface area contributed by atoms with Gasteiger partial charge in [0.05, 0.1) is 10.9 Å². The van der Waals surface area contributed by atoms with Crippen LogP contribution in [0, 0.1) is 0 Å². The minimum Gasteiger partial charge on any atom is -0.356 e. The summed E-state index contributed by atoms with van der Waals surface area (Å²) in [4.78, 5) is 50.3. The Morgan fingerprint density at radius 3 is 2.51 bits per heavy atom. The number of benzene rings is 3. The van der Waals surface area contributed by atoms with Crippen molar-refractivity contribution in [3.8, 4) is 0 Å². The number of para-hydroxylation sites is 1. The molecule has 41 heavy (non-hydrogen) atoms. The van der Waals surface area contributed by atoms with Crippen LogP contribution in [0.2, 0.25) is 5.02 Å². The average molecular weight is 588 g/mol. The summed E-state index contributed by atoms with van der Waals surface area (Å²) in [5.74, 6) is -0.0565. The van der Waals surface area contributed by atoms with Crippen molar-refractivity contribution >= 4 is 63.5 Å². The lowest BCUT2D eigenvalue weighted by molar-refractivity contribution is -0.125. The fourth-order valence-corrected chi connectivity index (χ4v) is 5.77. The van der Waals surface area contributed by atoms with E-state index in [1.54, 1.807) is 24.3 Å². The van der Waals surface area contributed by atoms with Gasteiger partial charge in [-0.15, -0.1) is 0 Å². The zero-order valence-corrected chi connectivity index (χ0v) is 24.1. The third kappa shape index (κ3) is 6.86. The second-order valence-electron chi connectivity index (χ2n) is 9.69. The monoisotopic (exact) mass is 587 g/mol. The molecule has 0 aromatic heterocycles. The van der Waals surface area contributed by atoms with Gasteiger partial charge in [0.1, 0.15) is 11.9 Å². The van der Waals surface area contributed by atoms with Gasteiger partial charge in [0.2, 0.25) is 11.8 Å². The molecule has 3 aromatic carbocycles. The second-order valence-corrected chi connectivity index (χ2v) is 11.3. The number of thioether (sulfide) groups is 1. The summed E-state index contributed by atoms with van der Waals surface area (Å²) < 4.78 is 0. The molecule has 2 aliphatic heterocycles. The molecule has 0 fully saturated rings. The summed E-state index contributed by atoms with van der Waals surface area (Å²) in [5, 5.41) is 6.33. The average Bonchev–Trinajstić information content (AvgIpc) is 3.32. The number of anilines is 1. The van der Waals surface area contributed by atoms with Crippen LogP contribution in [0.1, 0.15) is 37.3 Å². The highest BCUT2D eigenvalue weighted by Crippen LogP contribution is 2.36. The third-order valence-corrected chi connectivity index (χ3v) is 8.36. The molecule has 2 aliphatic rings. The Labute approximate surface area is 248 Å². The Morgan fingerprint density at radius 1 is 1.02 bits per heavy atom. The molecule has 0 unspecified atom stereocenters. The number of carbonyl (C=O) groups excluding carboxylic acids is 3. The maximum Gasteiger partial charge on any atom is 0.259 e. The number of fused-ring (bicyclic) bond motifs is 3. The first-order valence-electron chi connectivity index (χ1n) is 13.6. The van der Waals surface area contributed by atoms with E-state index < -0.39 is 11.3 Å². The summed E-state index contributed by atoms with van der Waals surface area (Å²) in [6.07, 6.45) is 1.72. The van der Waals surface area contributed by atoms with Crippen LogP contribution in [-0.4, -0.2) is 51.5 Å². The third-order valence-electron chi connectivity index (χ3n) is 6.79. The van der Waals surface area contributed by atoms with Crippen molar-refractivity contribution in [1.82, 2.24) is 10.2 Å². The van der Waals surface area contributed by atoms with Crippen molar-refractivity contribution in [2.45, 2.75) is 43.9 Å². The number of carbonyl (C=O) groups is 3. The van der Waals surface area contributed by atoms with Gasteiger partial charge in [-0.2, -0.15) is 0 Å². The minimum absolute atomic E-state index is 0.118. The number of aliphatic imine (C=N–C) groups is 2. The number of hydrogen-bond acceptors (Lipinski definition) is 6. The number of nitrogens with one attached hydrogen (secondary N) is 2. The predicted octanol–water partition coefficient (Wildman–Crippen LogP) is 5.59. The Balaban J connectivity index is 1.26. The largest absolute Gasteiger partial charge is 0.356 e. The highest BCUT2D eigenvalue weighted by molar-refractivity contribution is 8.15. The van der Waals surface area contributed by atoms with E-state index >= 15 is 0 Å². The van der Waals surface area contributed by atoms with E-state index in [1.807, 2.05) is 61.5 Å². The molecule has 10 heteroatoms. The van der Waals surface area contributed by atoms with Crippen LogP contribution in [0.4, 0.5) is 11.4 Å². The van der Waals surface area contributed by atoms with Crippen LogP contribution in [0.15, 0.2) is 88.8 Å². The van der Waals surface area contributed by atoms with Crippen LogP contribution in [0.25, 0.3) is 0 Å². The normalized spacial score (nSPS) is 16.3. The zero-order chi connectivity index (χ0) is 28.8. The molecule has 3 amide bonds. The van der Waals surface area contributed by atoms with E-state index in [-0.39, 0.29) is 30.6 Å². The number of amides is 3. The highest BCUT2D eigenvalue weighted by atomic mass is 35.5. The molecule has 0 saturated heterocycles. The minimum atomic E-state index is -0.704. The van der Waals surface area contributed by atoms with Gasteiger partial charge >= 0.3 is 0 Å². The first-order valence-corrected chi connectivity index (χ1v) is 14.8. The molecule has 0 radical (unpaired) electrons. The van der Waals surface area contributed by atoms with Gasteiger partial charge < -0.3 is 10.6 Å². The van der Waals surface area contributed by atoms with Gasteiger partial charge in [0.15, 0.2) is 5.17 Å². The molecule has 8 nitrogen and oxygen atoms in total. The first-order chi connectivity index (χ1) is 19.9. The van der Waals surface area contributed by atoms with E-state index in [0.717, 1.165) is 17.5 Å². The molecule has 3 aromatic rings. The van der Waals surface area contributed by atoms with Gasteiger partial charge in [-0.1, -0.05) is 72.8 Å². The highest BCUT2D eigenvalue weighted by Gasteiger charge is 2.42. The quantitative estimate of drug-likeness (QED) is 0.323. The molecule has 0 spiro atoms. The van der Waals surface area contributed by atoms with Crippen LogP contribution in [-0.2, 0) is 20.8 Å². The summed E-state index contributed by atoms with van der Waals surface area (Å²) in [6, 6.07) is 23.6. The van der Waals surface area contributed by atoms with Crippen molar-refractivity contribution in [3.05, 3.63) is 95.0 Å². The number of hydrogen-bond donors (Lipinski definition) is 2. The topological polar surface area (TPSA) is 103 Å². The lowest BCUT2D eigenvalue weighted by atomic mass is 10.1. The van der Waals surface area contributed by atoms with E-state index in [1.165, 1.54) is 16.7 Å². The maximum absolute atomic E-state index is 13.6. The molecule has 0 bridgehead atoms. The summed E-state index contributed by atoms with van der Waals surface area (Å²) in [6.45, 7) is 2.44. The lowest BCUT2D eigenvalue weighted by Crippen LogP contribution is -2.42. The van der Waals surface area contributed by atoms with E-state index in [4.69, 9.17) is 21.6 Å². The fraction of sp³-hybridized carbons (Fsp3) is 0.258. The van der Waals surface area contributed by atoms with Gasteiger partial charge in [0, 0.05) is 29.2 Å². The first kappa shape index (κ1) is 28.6. The molecule has 210 valence electrons. The van der Waals surface area contributed by atoms with Crippen LogP contribution in [0.5, 0.6) is 0 Å². The summed E-state index contributed by atoms with van der Waals surface area (Å²) in [5.41, 5.74) is 3.22. The van der Waals surface area contributed by atoms with Crippen molar-refractivity contribution in [1.29, 1.82) is 0 Å². The van der Waals surface area contributed by atoms with Crippen LogP contribution < -0.4 is 10.6 Å². The van der Waals surface area contributed by atoms with Crippen molar-refractivity contribution in [2.75, 3.05) is 11.9 Å². The van der Waals surface area contributed by atoms with Gasteiger partial charge in [-0.3, -0.25) is 19.4 Å². The van der Waals surface area contributed by atoms with E-state index in [0.29, 0.717) is 40.4 Å². The molecule has 2 atom stereocenters. The van der Waals surface area contributed by atoms with Crippen molar-refractivity contribution in [2.24, 2.45) is 9.98 Å². The fourth-order valence-electron chi connectivity index (χ4n) is 4.62. The van der Waals surface area contributed by atoms with Gasteiger partial charge in [-0.25, -0.2) is 9.89 Å². The summed E-state index contributed by atoms with van der Waals surface area (Å²) >= 11 is 7.20. The Morgan fingerprint density at radius 2 is 1.76 bits per heavy atom. The standard InChI is InChI=1S/C31H30ClN5O3S/c1-2-26(29(39)34-22-14-12-21(32)13-15-22)41-31-36-24-11-7-6-10-23(24)28-35-25(30(40)37(28)31)16-17-27(38)33-19-18-20-8-4-3-5-9-20/h3-15,25-26H,2,16-19H2,1H3,(H,33,38)(H,34,39)/t25-,26-/m0/s1. The maximum atomic E-state index is 13.6. The zero-order valence-electron chi connectivity index (χ0n) is 22.5. The van der Waals surface area contributed by atoms with Crippen LogP contribution in [0.3, 0.4) is 0 Å². The number of amidine groups is 2. The van der Waals surface area contributed by atoms with E-state index in [9.17, 15) is 14.4 Å². The van der Waals surface area contributed by atoms with E-state index in [2.05, 4.69) is 10.6 Å². The summed E-state index contributed by atoms with van der Waals surface area (Å²) in [7, 11) is 0. The number of nitrogens with zero attached hydrogens (tertiary/aromatic N) is 3. The molecular formula is C31H30ClN5O3S. The molecule has 0 aliphatic carbocycles. The number of halogens is 1. The molecular weight excluding hydrogens is 558 g/mol. The number of rotatable bonds is 10. The predicted molar refractivity (Wildman–Crippen MR) is 165 cm³/mol. The van der Waals surface area contributed by atoms with Crippen molar-refractivity contribution in [3.63, 3.8) is 0 Å². The Hall–Kier alpha value is -3.95. The molecule has 2 heterocycles. The molecule has 0 saturated carbocycles. The SMILES string of the molecule is CC[C@H](SC1=Nc2ccccc2C2=N[C@@H](CCC(=O)NCCc3ccccc3)C(=O)N12)C(=O)Nc1ccc(Cl)cc1. The molecule has 5 rings (SSSR count). The smallest absolute Gasteiger partial charge is 0.259 e. The van der Waals surface area contributed by atoms with Crippen LogP contribution >= 0.6 is 23.4 Å². The second kappa shape index (κ2) is 13.1. The van der Waals surface area contributed by atoms with Crippen molar-refractivity contribution < 1.29 is 14.4 Å². The van der Waals surface area contributed by atoms with Gasteiger partial charge in [-0.05, 0) is 61.2 Å². The molecule has 2 N–H and O–H groups in total. The lowest BCUT2D eigenvalue weighted by Gasteiger charge is -2.27. The Kier molecular flexibility index (Phi) is 9.16.